The molecule has 0 amide bonds. The Morgan fingerprint density at radius 3 is 2.33 bits per heavy atom. The summed E-state index contributed by atoms with van der Waals surface area (Å²) in [6.07, 6.45) is 2.96. The van der Waals surface area contributed by atoms with Gasteiger partial charge in [-0.15, -0.1) is 0 Å². The van der Waals surface area contributed by atoms with Crippen molar-refractivity contribution in [1.29, 1.82) is 0 Å². The van der Waals surface area contributed by atoms with Crippen LogP contribution in [0.2, 0.25) is 0 Å². The van der Waals surface area contributed by atoms with Crippen molar-refractivity contribution in [2.45, 2.75) is 33.1 Å². The third-order valence-electron chi connectivity index (χ3n) is 1.73. The number of carbonyl (C=O) groups is 1. The van der Waals surface area contributed by atoms with Gasteiger partial charge in [-0.2, -0.15) is 0 Å². The van der Waals surface area contributed by atoms with Crippen LogP contribution in [0.5, 0.6) is 0 Å². The van der Waals surface area contributed by atoms with E-state index in [1.54, 1.807) is 0 Å². The standard InChI is InChI=1S/C10H21NO/c1-9(2)6-5-7-10(12)8-11(3)4/h9H,5-8H2,1-4H3. The summed E-state index contributed by atoms with van der Waals surface area (Å²) in [7, 11) is 3.86. The van der Waals surface area contributed by atoms with Gasteiger partial charge in [-0.1, -0.05) is 20.3 Å². The minimum atomic E-state index is 0.362. The number of hydrogen-bond donors (Lipinski definition) is 0. The normalized spacial score (nSPS) is 11.2. The van der Waals surface area contributed by atoms with Crippen LogP contribution in [0.25, 0.3) is 0 Å². The van der Waals surface area contributed by atoms with Gasteiger partial charge in [0.15, 0.2) is 0 Å². The van der Waals surface area contributed by atoms with E-state index in [9.17, 15) is 4.79 Å². The fourth-order valence-electron chi connectivity index (χ4n) is 1.14. The lowest BCUT2D eigenvalue weighted by Crippen LogP contribution is -2.21. The first-order valence-corrected chi connectivity index (χ1v) is 4.68. The third kappa shape index (κ3) is 7.73. The van der Waals surface area contributed by atoms with E-state index in [4.69, 9.17) is 0 Å². The Hall–Kier alpha value is -0.370. The smallest absolute Gasteiger partial charge is 0.146 e. The van der Waals surface area contributed by atoms with Crippen molar-refractivity contribution in [1.82, 2.24) is 4.90 Å². The Morgan fingerprint density at radius 1 is 1.33 bits per heavy atom. The van der Waals surface area contributed by atoms with Crippen LogP contribution in [0.4, 0.5) is 0 Å². The van der Waals surface area contributed by atoms with Crippen molar-refractivity contribution in [3.8, 4) is 0 Å². The molecular weight excluding hydrogens is 150 g/mol. The van der Waals surface area contributed by atoms with Crippen molar-refractivity contribution >= 4 is 5.78 Å². The number of hydrogen-bond acceptors (Lipinski definition) is 2. The highest BCUT2D eigenvalue weighted by Gasteiger charge is 2.03. The molecule has 2 nitrogen and oxygen atoms in total. The average molecular weight is 171 g/mol. The molecule has 0 bridgehead atoms. The topological polar surface area (TPSA) is 20.3 Å². The first-order valence-electron chi connectivity index (χ1n) is 4.68. The molecule has 0 aromatic heterocycles. The monoisotopic (exact) mass is 171 g/mol. The zero-order valence-electron chi connectivity index (χ0n) is 8.76. The Balaban J connectivity index is 3.32. The summed E-state index contributed by atoms with van der Waals surface area (Å²) < 4.78 is 0. The van der Waals surface area contributed by atoms with Crippen LogP contribution in [-0.2, 0) is 4.79 Å². The average Bonchev–Trinajstić information content (AvgIpc) is 1.84. The van der Waals surface area contributed by atoms with Crippen molar-refractivity contribution in [2.75, 3.05) is 20.6 Å². The molecule has 0 radical (unpaired) electrons. The van der Waals surface area contributed by atoms with E-state index in [-0.39, 0.29) is 0 Å². The molecule has 0 saturated carbocycles. The van der Waals surface area contributed by atoms with E-state index < -0.39 is 0 Å². The van der Waals surface area contributed by atoms with Crippen LogP contribution in [0.1, 0.15) is 33.1 Å². The highest BCUT2D eigenvalue weighted by molar-refractivity contribution is 5.80. The number of carbonyl (C=O) groups excluding carboxylic acids is 1. The molecule has 2 heteroatoms. The number of ketones is 1. The molecule has 0 aliphatic rings. The number of rotatable bonds is 6. The first-order chi connectivity index (χ1) is 5.52. The molecule has 0 unspecified atom stereocenters. The van der Waals surface area contributed by atoms with Crippen LogP contribution >= 0.6 is 0 Å². The summed E-state index contributed by atoms with van der Waals surface area (Å²) in [6.45, 7) is 4.98. The molecule has 0 fully saturated rings. The molecule has 12 heavy (non-hydrogen) atoms. The van der Waals surface area contributed by atoms with Gasteiger partial charge in [0, 0.05) is 6.42 Å². The molecule has 72 valence electrons. The molecule has 0 rings (SSSR count). The second kappa shape index (κ2) is 6.18. The van der Waals surface area contributed by atoms with Crippen LogP contribution in [0, 0.1) is 5.92 Å². The lowest BCUT2D eigenvalue weighted by atomic mass is 10.0. The van der Waals surface area contributed by atoms with Gasteiger partial charge in [0.1, 0.15) is 5.78 Å². The van der Waals surface area contributed by atoms with Gasteiger partial charge in [-0.05, 0) is 26.4 Å². The van der Waals surface area contributed by atoms with Gasteiger partial charge in [0.05, 0.1) is 6.54 Å². The number of nitrogens with zero attached hydrogens (tertiary/aromatic N) is 1. The first kappa shape index (κ1) is 11.6. The van der Waals surface area contributed by atoms with Gasteiger partial charge in [-0.3, -0.25) is 4.79 Å². The van der Waals surface area contributed by atoms with E-state index in [1.807, 2.05) is 19.0 Å². The van der Waals surface area contributed by atoms with E-state index in [0.717, 1.165) is 18.8 Å². The lowest BCUT2D eigenvalue weighted by molar-refractivity contribution is -0.119. The van der Waals surface area contributed by atoms with Crippen LogP contribution in [0.15, 0.2) is 0 Å². The van der Waals surface area contributed by atoms with Gasteiger partial charge in [0.2, 0.25) is 0 Å². The maximum absolute atomic E-state index is 11.2. The van der Waals surface area contributed by atoms with E-state index in [0.29, 0.717) is 12.3 Å². The predicted molar refractivity (Wildman–Crippen MR) is 52.3 cm³/mol. The molecule has 0 aromatic carbocycles. The molecule has 0 aromatic rings. The summed E-state index contributed by atoms with van der Waals surface area (Å²) in [4.78, 5) is 13.1. The highest BCUT2D eigenvalue weighted by Crippen LogP contribution is 2.06. The molecule has 0 N–H and O–H groups in total. The van der Waals surface area contributed by atoms with Gasteiger partial charge in [0.25, 0.3) is 0 Å². The van der Waals surface area contributed by atoms with Crippen molar-refractivity contribution in [3.05, 3.63) is 0 Å². The lowest BCUT2D eigenvalue weighted by Gasteiger charge is -2.08. The highest BCUT2D eigenvalue weighted by atomic mass is 16.1. The maximum Gasteiger partial charge on any atom is 0.146 e. The Bertz CT molecular complexity index is 130. The minimum absolute atomic E-state index is 0.362. The van der Waals surface area contributed by atoms with Crippen LogP contribution in [0.3, 0.4) is 0 Å². The molecule has 0 atom stereocenters. The van der Waals surface area contributed by atoms with Crippen LogP contribution in [-0.4, -0.2) is 31.3 Å². The minimum Gasteiger partial charge on any atom is -0.302 e. The second-order valence-corrected chi connectivity index (χ2v) is 4.06. The maximum atomic E-state index is 11.2. The molecule has 0 heterocycles. The fraction of sp³-hybridized carbons (Fsp3) is 0.900. The van der Waals surface area contributed by atoms with E-state index >= 15 is 0 Å². The summed E-state index contributed by atoms with van der Waals surface area (Å²) >= 11 is 0. The van der Waals surface area contributed by atoms with E-state index in [2.05, 4.69) is 13.8 Å². The molecule has 0 spiro atoms. The summed E-state index contributed by atoms with van der Waals surface area (Å²) in [5, 5.41) is 0. The summed E-state index contributed by atoms with van der Waals surface area (Å²) in [5.41, 5.74) is 0. The van der Waals surface area contributed by atoms with Crippen molar-refractivity contribution in [3.63, 3.8) is 0 Å². The van der Waals surface area contributed by atoms with Crippen molar-refractivity contribution < 1.29 is 4.79 Å². The molecule has 0 aliphatic carbocycles. The fourth-order valence-corrected chi connectivity index (χ4v) is 1.14. The quantitative estimate of drug-likeness (QED) is 0.608. The SMILES string of the molecule is CC(C)CCCC(=O)CN(C)C. The summed E-state index contributed by atoms with van der Waals surface area (Å²) in [5.74, 6) is 1.08. The third-order valence-corrected chi connectivity index (χ3v) is 1.73. The van der Waals surface area contributed by atoms with Crippen molar-refractivity contribution in [2.24, 2.45) is 5.92 Å². The van der Waals surface area contributed by atoms with Gasteiger partial charge >= 0.3 is 0 Å². The van der Waals surface area contributed by atoms with E-state index in [1.165, 1.54) is 6.42 Å². The van der Waals surface area contributed by atoms with Crippen LogP contribution < -0.4 is 0 Å². The zero-order valence-corrected chi connectivity index (χ0v) is 8.76. The Morgan fingerprint density at radius 2 is 1.92 bits per heavy atom. The number of likely N-dealkylation sites (N-methyl/N-ethyl adjacent to an activating group) is 1. The van der Waals surface area contributed by atoms with Gasteiger partial charge in [-0.25, -0.2) is 0 Å². The molecule has 0 saturated heterocycles. The van der Waals surface area contributed by atoms with Gasteiger partial charge < -0.3 is 4.90 Å². The zero-order chi connectivity index (χ0) is 9.56. The summed E-state index contributed by atoms with van der Waals surface area (Å²) in [6, 6.07) is 0. The number of Topliss-reactive ketones (excluding diaryl/α,β-unsaturated/α-hetero) is 1. The molecule has 0 aliphatic heterocycles. The Labute approximate surface area is 75.9 Å². The molecular formula is C10H21NO. The second-order valence-electron chi connectivity index (χ2n) is 4.06. The largest absolute Gasteiger partial charge is 0.302 e. The predicted octanol–water partition coefficient (Wildman–Crippen LogP) is 1.94. The Kier molecular flexibility index (Phi) is 5.99.